The summed E-state index contributed by atoms with van der Waals surface area (Å²) >= 11 is 6.94. The van der Waals surface area contributed by atoms with Gasteiger partial charge < -0.3 is 16.0 Å². The number of hydrogen-bond donors (Lipinski definition) is 2. The highest BCUT2D eigenvalue weighted by atomic mass is 32.1. The number of nitrogens with zero attached hydrogens (tertiary/aromatic N) is 2. The summed E-state index contributed by atoms with van der Waals surface area (Å²) in [7, 11) is 0. The third kappa shape index (κ3) is 2.16. The molecule has 2 aromatic rings. The lowest BCUT2D eigenvalue weighted by molar-refractivity contribution is 0.453. The van der Waals surface area contributed by atoms with E-state index in [1.165, 1.54) is 4.88 Å². The first-order valence-electron chi connectivity index (χ1n) is 5.57. The maximum Gasteiger partial charge on any atom is 0.180 e. The number of nitrogens with one attached hydrogen (secondary N) is 1. The van der Waals surface area contributed by atoms with Crippen molar-refractivity contribution in [1.29, 1.82) is 0 Å². The molecule has 0 unspecified atom stereocenters. The fourth-order valence-corrected chi connectivity index (χ4v) is 3.03. The van der Waals surface area contributed by atoms with Gasteiger partial charge in [-0.1, -0.05) is 18.2 Å². The van der Waals surface area contributed by atoms with Crippen LogP contribution < -0.4 is 11.1 Å². The first kappa shape index (κ1) is 11.4. The van der Waals surface area contributed by atoms with Gasteiger partial charge in [0.15, 0.2) is 10.2 Å². The van der Waals surface area contributed by atoms with Gasteiger partial charge in [0.05, 0.1) is 23.7 Å². The largest absolute Gasteiger partial charge is 0.375 e. The van der Waals surface area contributed by atoms with Gasteiger partial charge in [-0.25, -0.2) is 4.98 Å². The van der Waals surface area contributed by atoms with E-state index in [4.69, 9.17) is 18.0 Å². The number of benzene rings is 1. The van der Waals surface area contributed by atoms with Crippen molar-refractivity contribution in [1.82, 2.24) is 9.88 Å². The highest BCUT2D eigenvalue weighted by Gasteiger charge is 2.24. The number of thiocarbonyl (C=S) groups is 1. The summed E-state index contributed by atoms with van der Waals surface area (Å²) in [6.07, 6.45) is 0. The highest BCUT2D eigenvalue weighted by molar-refractivity contribution is 7.80. The Morgan fingerprint density at radius 3 is 2.83 bits per heavy atom. The number of anilines is 2. The summed E-state index contributed by atoms with van der Waals surface area (Å²) in [5.74, 6) is 0. The van der Waals surface area contributed by atoms with Crippen LogP contribution in [0.4, 0.5) is 10.8 Å². The quantitative estimate of drug-likeness (QED) is 0.784. The molecule has 4 nitrogen and oxygen atoms in total. The molecule has 3 rings (SSSR count). The van der Waals surface area contributed by atoms with Crippen LogP contribution in [0.3, 0.4) is 0 Å². The number of aromatic nitrogens is 1. The molecule has 0 saturated heterocycles. The Hall–Kier alpha value is -1.66. The molecule has 1 aromatic heterocycles. The second-order valence-electron chi connectivity index (χ2n) is 4.07. The smallest absolute Gasteiger partial charge is 0.180 e. The minimum atomic E-state index is 0.640. The van der Waals surface area contributed by atoms with E-state index in [0.29, 0.717) is 5.13 Å². The lowest BCUT2D eigenvalue weighted by Gasteiger charge is -2.19. The summed E-state index contributed by atoms with van der Waals surface area (Å²) in [6, 6.07) is 9.93. The minimum Gasteiger partial charge on any atom is -0.375 e. The molecule has 0 amide bonds. The molecule has 1 aromatic carbocycles. The fourth-order valence-electron chi connectivity index (χ4n) is 1.93. The van der Waals surface area contributed by atoms with E-state index in [-0.39, 0.29) is 0 Å². The van der Waals surface area contributed by atoms with E-state index in [2.05, 4.69) is 15.2 Å². The van der Waals surface area contributed by atoms with E-state index in [0.717, 1.165) is 29.6 Å². The van der Waals surface area contributed by atoms with Crippen LogP contribution in [0, 0.1) is 0 Å². The van der Waals surface area contributed by atoms with Gasteiger partial charge in [-0.3, -0.25) is 0 Å². The zero-order chi connectivity index (χ0) is 12.5. The van der Waals surface area contributed by atoms with E-state index in [9.17, 15) is 0 Å². The van der Waals surface area contributed by atoms with E-state index in [1.807, 2.05) is 30.3 Å². The average molecular weight is 276 g/mol. The Kier molecular flexibility index (Phi) is 2.89. The van der Waals surface area contributed by atoms with Gasteiger partial charge in [-0.2, -0.15) is 0 Å². The average Bonchev–Trinajstić information content (AvgIpc) is 2.87. The van der Waals surface area contributed by atoms with Crippen molar-refractivity contribution >= 4 is 39.5 Å². The van der Waals surface area contributed by atoms with Gasteiger partial charge in [0.1, 0.15) is 0 Å². The van der Waals surface area contributed by atoms with Crippen LogP contribution in [0.2, 0.25) is 0 Å². The van der Waals surface area contributed by atoms with Crippen LogP contribution in [0.15, 0.2) is 30.3 Å². The number of nitrogen functional groups attached to an aromatic ring is 1. The van der Waals surface area contributed by atoms with Crippen LogP contribution in [0.1, 0.15) is 10.6 Å². The third-order valence-corrected chi connectivity index (χ3v) is 4.05. The molecule has 0 aliphatic carbocycles. The van der Waals surface area contributed by atoms with Crippen molar-refractivity contribution in [3.8, 4) is 0 Å². The molecule has 0 saturated carbocycles. The zero-order valence-corrected chi connectivity index (χ0v) is 11.2. The number of nitrogens with two attached hydrogens (primary N) is 1. The van der Waals surface area contributed by atoms with Crippen molar-refractivity contribution in [2.45, 2.75) is 13.1 Å². The normalized spacial score (nSPS) is 13.4. The summed E-state index contributed by atoms with van der Waals surface area (Å²) in [6.45, 7) is 1.53. The summed E-state index contributed by atoms with van der Waals surface area (Å²) in [4.78, 5) is 7.60. The SMILES string of the molecule is Nc1nc2c(s1)CN(C(=S)Nc1ccccc1)C2. The lowest BCUT2D eigenvalue weighted by Crippen LogP contribution is -2.30. The molecule has 0 radical (unpaired) electrons. The monoisotopic (exact) mass is 276 g/mol. The van der Waals surface area contributed by atoms with Crippen molar-refractivity contribution in [3.63, 3.8) is 0 Å². The van der Waals surface area contributed by atoms with Crippen molar-refractivity contribution in [3.05, 3.63) is 40.9 Å². The molecule has 0 fully saturated rings. The first-order valence-corrected chi connectivity index (χ1v) is 6.80. The predicted molar refractivity (Wildman–Crippen MR) is 78.4 cm³/mol. The van der Waals surface area contributed by atoms with Crippen LogP contribution in [-0.4, -0.2) is 15.0 Å². The number of hydrogen-bond acceptors (Lipinski definition) is 4. The molecule has 0 spiro atoms. The van der Waals surface area contributed by atoms with Crippen LogP contribution in [-0.2, 0) is 13.1 Å². The van der Waals surface area contributed by atoms with Gasteiger partial charge in [0.25, 0.3) is 0 Å². The Balaban J connectivity index is 1.67. The number of fused-ring (bicyclic) bond motifs is 1. The number of rotatable bonds is 1. The van der Waals surface area contributed by atoms with Gasteiger partial charge in [0, 0.05) is 5.69 Å². The third-order valence-electron chi connectivity index (χ3n) is 2.78. The second kappa shape index (κ2) is 4.55. The molecule has 1 aliphatic heterocycles. The molecule has 3 N–H and O–H groups in total. The molecule has 0 bridgehead atoms. The minimum absolute atomic E-state index is 0.640. The highest BCUT2D eigenvalue weighted by Crippen LogP contribution is 2.29. The summed E-state index contributed by atoms with van der Waals surface area (Å²) < 4.78 is 0. The van der Waals surface area contributed by atoms with Gasteiger partial charge in [-0.05, 0) is 24.4 Å². The summed E-state index contributed by atoms with van der Waals surface area (Å²) in [5.41, 5.74) is 7.73. The Labute approximate surface area is 114 Å². The lowest BCUT2D eigenvalue weighted by atomic mass is 10.3. The fraction of sp³-hybridized carbons (Fsp3) is 0.167. The van der Waals surface area contributed by atoms with Crippen LogP contribution >= 0.6 is 23.6 Å². The molecule has 1 aliphatic rings. The maximum atomic E-state index is 5.67. The molecule has 0 atom stereocenters. The van der Waals surface area contributed by atoms with Crippen molar-refractivity contribution in [2.75, 3.05) is 11.1 Å². The maximum absolute atomic E-state index is 5.67. The Morgan fingerprint density at radius 2 is 2.11 bits per heavy atom. The standard InChI is InChI=1S/C12H12N4S2/c13-11-15-9-6-16(7-10(9)18-11)12(17)14-8-4-2-1-3-5-8/h1-5H,6-7H2,(H2,13,15)(H,14,17). The van der Waals surface area contributed by atoms with E-state index >= 15 is 0 Å². The predicted octanol–water partition coefficient (Wildman–Crippen LogP) is 2.44. The molecular weight excluding hydrogens is 264 g/mol. The molecule has 2 heterocycles. The van der Waals surface area contributed by atoms with E-state index < -0.39 is 0 Å². The molecule has 92 valence electrons. The Morgan fingerprint density at radius 1 is 1.33 bits per heavy atom. The molecule has 18 heavy (non-hydrogen) atoms. The zero-order valence-electron chi connectivity index (χ0n) is 9.59. The van der Waals surface area contributed by atoms with Gasteiger partial charge >= 0.3 is 0 Å². The van der Waals surface area contributed by atoms with Gasteiger partial charge in [0.2, 0.25) is 0 Å². The number of para-hydroxylation sites is 1. The van der Waals surface area contributed by atoms with Gasteiger partial charge in [-0.15, -0.1) is 11.3 Å². The topological polar surface area (TPSA) is 54.2 Å². The summed E-state index contributed by atoms with van der Waals surface area (Å²) in [5, 5.41) is 4.59. The van der Waals surface area contributed by atoms with Crippen molar-refractivity contribution < 1.29 is 0 Å². The van der Waals surface area contributed by atoms with Crippen LogP contribution in [0.5, 0.6) is 0 Å². The van der Waals surface area contributed by atoms with Crippen LogP contribution in [0.25, 0.3) is 0 Å². The Bertz CT molecular complexity index is 556. The first-order chi connectivity index (χ1) is 8.72. The molecular formula is C12H12N4S2. The van der Waals surface area contributed by atoms with E-state index in [1.54, 1.807) is 11.3 Å². The second-order valence-corrected chi connectivity index (χ2v) is 5.58. The molecule has 6 heteroatoms. The number of thiazole rings is 1. The van der Waals surface area contributed by atoms with Crippen molar-refractivity contribution in [2.24, 2.45) is 0 Å².